The van der Waals surface area contributed by atoms with Crippen molar-refractivity contribution in [1.82, 2.24) is 9.97 Å². The number of Topliss-reactive ketones (excluding diaryl/α,β-unsaturated/α-hetero) is 1. The molecule has 0 unspecified atom stereocenters. The fourth-order valence-electron chi connectivity index (χ4n) is 2.54. The van der Waals surface area contributed by atoms with Gasteiger partial charge in [-0.25, -0.2) is 9.97 Å². The Labute approximate surface area is 162 Å². The second-order valence-electron chi connectivity index (χ2n) is 6.21. The van der Waals surface area contributed by atoms with E-state index in [-0.39, 0.29) is 11.7 Å². The molecule has 2 N–H and O–H groups in total. The van der Waals surface area contributed by atoms with Gasteiger partial charge in [0.05, 0.1) is 18.4 Å². The largest absolute Gasteiger partial charge is 0.495 e. The maximum atomic E-state index is 12.3. The smallest absolute Gasteiger partial charge is 0.258 e. The zero-order valence-electron chi connectivity index (χ0n) is 15.8. The van der Waals surface area contributed by atoms with Crippen molar-refractivity contribution in [3.05, 3.63) is 71.5 Å². The van der Waals surface area contributed by atoms with Crippen molar-refractivity contribution in [3.63, 3.8) is 0 Å². The quantitative estimate of drug-likeness (QED) is 0.632. The SMILES string of the molecule is COc1ccc(C)cc1Nc1ncc(C(=O)Nc2ccc(C(C)=O)cc2)cn1. The van der Waals surface area contributed by atoms with E-state index in [0.717, 1.165) is 11.3 Å². The number of anilines is 3. The summed E-state index contributed by atoms with van der Waals surface area (Å²) in [6, 6.07) is 12.4. The monoisotopic (exact) mass is 376 g/mol. The number of hydrogen-bond donors (Lipinski definition) is 2. The zero-order chi connectivity index (χ0) is 20.1. The van der Waals surface area contributed by atoms with Crippen LogP contribution in [0, 0.1) is 6.92 Å². The van der Waals surface area contributed by atoms with Gasteiger partial charge in [-0.3, -0.25) is 9.59 Å². The van der Waals surface area contributed by atoms with E-state index >= 15 is 0 Å². The Balaban J connectivity index is 1.69. The highest BCUT2D eigenvalue weighted by atomic mass is 16.5. The summed E-state index contributed by atoms with van der Waals surface area (Å²) in [4.78, 5) is 32.0. The number of amides is 1. The molecule has 0 aliphatic carbocycles. The van der Waals surface area contributed by atoms with E-state index in [1.807, 2.05) is 25.1 Å². The molecule has 1 heterocycles. The van der Waals surface area contributed by atoms with Gasteiger partial charge >= 0.3 is 0 Å². The Morgan fingerprint density at radius 3 is 2.25 bits per heavy atom. The molecule has 0 atom stereocenters. The van der Waals surface area contributed by atoms with Crippen molar-refractivity contribution in [2.75, 3.05) is 17.7 Å². The Bertz CT molecular complexity index is 999. The lowest BCUT2D eigenvalue weighted by Crippen LogP contribution is -2.13. The molecule has 0 saturated carbocycles. The molecular weight excluding hydrogens is 356 g/mol. The first kappa shape index (κ1) is 19.0. The number of nitrogens with one attached hydrogen (secondary N) is 2. The summed E-state index contributed by atoms with van der Waals surface area (Å²) in [5, 5.41) is 5.83. The van der Waals surface area contributed by atoms with Crippen LogP contribution >= 0.6 is 0 Å². The average Bonchev–Trinajstić information content (AvgIpc) is 2.69. The molecule has 3 aromatic rings. The standard InChI is InChI=1S/C21H20N4O3/c1-13-4-9-19(28-3)18(10-13)25-21-22-11-16(12-23-21)20(27)24-17-7-5-15(6-8-17)14(2)26/h4-12H,1-3H3,(H,24,27)(H,22,23,25). The highest BCUT2D eigenvalue weighted by molar-refractivity contribution is 6.04. The summed E-state index contributed by atoms with van der Waals surface area (Å²) in [6.07, 6.45) is 2.88. The molecule has 28 heavy (non-hydrogen) atoms. The van der Waals surface area contributed by atoms with Crippen LogP contribution in [0.3, 0.4) is 0 Å². The van der Waals surface area contributed by atoms with Crippen molar-refractivity contribution in [2.45, 2.75) is 13.8 Å². The number of rotatable bonds is 6. The first-order valence-electron chi connectivity index (χ1n) is 8.62. The first-order chi connectivity index (χ1) is 13.5. The van der Waals surface area contributed by atoms with Crippen LogP contribution in [-0.4, -0.2) is 28.8 Å². The third kappa shape index (κ3) is 4.50. The maximum absolute atomic E-state index is 12.3. The van der Waals surface area contributed by atoms with Crippen LogP contribution in [0.4, 0.5) is 17.3 Å². The van der Waals surface area contributed by atoms with E-state index in [0.29, 0.717) is 28.5 Å². The van der Waals surface area contributed by atoms with Crippen molar-refractivity contribution in [2.24, 2.45) is 0 Å². The zero-order valence-corrected chi connectivity index (χ0v) is 15.8. The van der Waals surface area contributed by atoms with Crippen LogP contribution < -0.4 is 15.4 Å². The number of ketones is 1. The fraction of sp³-hybridized carbons (Fsp3) is 0.143. The predicted octanol–water partition coefficient (Wildman–Crippen LogP) is 3.99. The van der Waals surface area contributed by atoms with Gasteiger partial charge in [0.25, 0.3) is 5.91 Å². The minimum atomic E-state index is -0.338. The molecule has 7 nitrogen and oxygen atoms in total. The van der Waals surface area contributed by atoms with Gasteiger partial charge in [0.15, 0.2) is 5.78 Å². The molecule has 0 radical (unpaired) electrons. The van der Waals surface area contributed by atoms with Gasteiger partial charge in [-0.1, -0.05) is 6.07 Å². The number of ether oxygens (including phenoxy) is 1. The lowest BCUT2D eigenvalue weighted by atomic mass is 10.1. The average molecular weight is 376 g/mol. The second-order valence-corrected chi connectivity index (χ2v) is 6.21. The Morgan fingerprint density at radius 2 is 1.64 bits per heavy atom. The first-order valence-corrected chi connectivity index (χ1v) is 8.62. The van der Waals surface area contributed by atoms with Gasteiger partial charge in [0, 0.05) is 23.6 Å². The number of carbonyl (C=O) groups excluding carboxylic acids is 2. The predicted molar refractivity (Wildman–Crippen MR) is 107 cm³/mol. The van der Waals surface area contributed by atoms with Crippen LogP contribution in [0.2, 0.25) is 0 Å². The summed E-state index contributed by atoms with van der Waals surface area (Å²) in [5.74, 6) is 0.658. The molecule has 0 aliphatic heterocycles. The van der Waals surface area contributed by atoms with Crippen LogP contribution in [0.5, 0.6) is 5.75 Å². The van der Waals surface area contributed by atoms with Gasteiger partial charge in [-0.05, 0) is 55.8 Å². The molecule has 0 saturated heterocycles. The summed E-state index contributed by atoms with van der Waals surface area (Å²) < 4.78 is 5.32. The van der Waals surface area contributed by atoms with Crippen LogP contribution in [0.15, 0.2) is 54.9 Å². The Hall–Kier alpha value is -3.74. The summed E-state index contributed by atoms with van der Waals surface area (Å²) >= 11 is 0. The van der Waals surface area contributed by atoms with E-state index in [1.165, 1.54) is 19.3 Å². The van der Waals surface area contributed by atoms with E-state index < -0.39 is 0 Å². The van der Waals surface area contributed by atoms with Gasteiger partial charge in [-0.15, -0.1) is 0 Å². The van der Waals surface area contributed by atoms with Gasteiger partial charge in [0.1, 0.15) is 5.75 Å². The van der Waals surface area contributed by atoms with Crippen molar-refractivity contribution in [1.29, 1.82) is 0 Å². The minimum absolute atomic E-state index is 0.0281. The molecule has 142 valence electrons. The van der Waals surface area contributed by atoms with E-state index in [4.69, 9.17) is 4.74 Å². The lowest BCUT2D eigenvalue weighted by molar-refractivity contribution is 0.101. The number of aromatic nitrogens is 2. The highest BCUT2D eigenvalue weighted by Crippen LogP contribution is 2.27. The van der Waals surface area contributed by atoms with Crippen molar-refractivity contribution in [3.8, 4) is 5.75 Å². The number of carbonyl (C=O) groups is 2. The topological polar surface area (TPSA) is 93.2 Å². The Kier molecular flexibility index (Phi) is 5.64. The van der Waals surface area contributed by atoms with Crippen LogP contribution in [-0.2, 0) is 0 Å². The molecule has 0 spiro atoms. The number of aryl methyl sites for hydroxylation is 1. The summed E-state index contributed by atoms with van der Waals surface area (Å²) in [7, 11) is 1.59. The van der Waals surface area contributed by atoms with Gasteiger partial charge in [-0.2, -0.15) is 0 Å². The third-order valence-corrected chi connectivity index (χ3v) is 4.06. The number of methoxy groups -OCH3 is 1. The van der Waals surface area contributed by atoms with Crippen LogP contribution in [0.1, 0.15) is 33.2 Å². The molecule has 0 aliphatic rings. The molecule has 7 heteroatoms. The number of benzene rings is 2. The van der Waals surface area contributed by atoms with Gasteiger partial charge < -0.3 is 15.4 Å². The van der Waals surface area contributed by atoms with Crippen molar-refractivity contribution >= 4 is 29.0 Å². The number of nitrogens with zero attached hydrogens (tertiary/aromatic N) is 2. The Morgan fingerprint density at radius 1 is 0.964 bits per heavy atom. The normalized spacial score (nSPS) is 10.2. The van der Waals surface area contributed by atoms with Crippen LogP contribution in [0.25, 0.3) is 0 Å². The highest BCUT2D eigenvalue weighted by Gasteiger charge is 2.10. The molecule has 0 fully saturated rings. The van der Waals surface area contributed by atoms with E-state index in [2.05, 4.69) is 20.6 Å². The summed E-state index contributed by atoms with van der Waals surface area (Å²) in [5.41, 5.74) is 3.29. The molecular formula is C21H20N4O3. The van der Waals surface area contributed by atoms with Crippen molar-refractivity contribution < 1.29 is 14.3 Å². The molecule has 0 bridgehead atoms. The fourth-order valence-corrected chi connectivity index (χ4v) is 2.54. The second kappa shape index (κ2) is 8.30. The molecule has 3 rings (SSSR count). The number of hydrogen-bond acceptors (Lipinski definition) is 6. The summed E-state index contributed by atoms with van der Waals surface area (Å²) in [6.45, 7) is 3.47. The molecule has 2 aromatic carbocycles. The molecule has 1 aromatic heterocycles. The third-order valence-electron chi connectivity index (χ3n) is 4.06. The lowest BCUT2D eigenvalue weighted by Gasteiger charge is -2.11. The van der Waals surface area contributed by atoms with Gasteiger partial charge in [0.2, 0.25) is 5.95 Å². The van der Waals surface area contributed by atoms with E-state index in [1.54, 1.807) is 31.4 Å². The minimum Gasteiger partial charge on any atom is -0.495 e. The maximum Gasteiger partial charge on any atom is 0.258 e. The molecule has 1 amide bonds. The van der Waals surface area contributed by atoms with E-state index in [9.17, 15) is 9.59 Å².